The average molecular weight is 354 g/mol. The Labute approximate surface area is 160 Å². The Morgan fingerprint density at radius 3 is 1.48 bits per heavy atom. The lowest BCUT2D eigenvalue weighted by Gasteiger charge is -2.30. The van der Waals surface area contributed by atoms with Gasteiger partial charge in [0.05, 0.1) is 5.41 Å². The number of hydrogen-bond donors (Lipinski definition) is 2. The van der Waals surface area contributed by atoms with E-state index in [0.29, 0.717) is 0 Å². The van der Waals surface area contributed by atoms with Crippen molar-refractivity contribution in [3.8, 4) is 0 Å². The second-order valence-corrected chi connectivity index (χ2v) is 10.0. The van der Waals surface area contributed by atoms with E-state index in [0.717, 1.165) is 12.8 Å². The second kappa shape index (κ2) is 4.49. The van der Waals surface area contributed by atoms with Crippen LogP contribution in [0.2, 0.25) is 0 Å². The Morgan fingerprint density at radius 1 is 0.630 bits per heavy atom. The topological polar surface area (TPSA) is 31.6 Å². The number of fused-ring (bicyclic) bond motifs is 8. The number of aromatic amines is 2. The Kier molecular flexibility index (Phi) is 2.59. The van der Waals surface area contributed by atoms with Gasteiger partial charge in [0.2, 0.25) is 0 Å². The number of benzene rings is 2. The monoisotopic (exact) mass is 354 g/mol. The van der Waals surface area contributed by atoms with E-state index in [2.05, 4.69) is 86.2 Å². The zero-order chi connectivity index (χ0) is 18.6. The van der Waals surface area contributed by atoms with Gasteiger partial charge >= 0.3 is 0 Å². The molecule has 6 rings (SSSR count). The molecule has 2 heteroatoms. The maximum Gasteiger partial charge on any atom is 0.0526 e. The molecule has 0 radical (unpaired) electrons. The smallest absolute Gasteiger partial charge is 0.0526 e. The molecule has 0 bridgehead atoms. The molecule has 2 aromatic heterocycles. The minimum Gasteiger partial charge on any atom is -0.357 e. The van der Waals surface area contributed by atoms with Crippen LogP contribution in [0, 0.1) is 0 Å². The van der Waals surface area contributed by atoms with Crippen molar-refractivity contribution in [3.05, 3.63) is 71.0 Å². The van der Waals surface area contributed by atoms with Crippen LogP contribution >= 0.6 is 0 Å². The summed E-state index contributed by atoms with van der Waals surface area (Å²) in [7, 11) is 0. The molecule has 0 aliphatic heterocycles. The third-order valence-corrected chi connectivity index (χ3v) is 7.21. The molecule has 0 unspecified atom stereocenters. The van der Waals surface area contributed by atoms with E-state index in [1.807, 2.05) is 0 Å². The van der Waals surface area contributed by atoms with Gasteiger partial charge in [-0.2, -0.15) is 0 Å². The molecule has 1 spiro atoms. The molecule has 136 valence electrons. The number of nitrogens with one attached hydrogen (secondary N) is 2. The summed E-state index contributed by atoms with van der Waals surface area (Å²) in [5.41, 5.74) is 8.87. The van der Waals surface area contributed by atoms with Gasteiger partial charge in [-0.25, -0.2) is 0 Å². The van der Waals surface area contributed by atoms with Crippen molar-refractivity contribution in [2.45, 2.75) is 56.8 Å². The highest BCUT2D eigenvalue weighted by Crippen LogP contribution is 2.64. The minimum atomic E-state index is 0.0513. The Balaban J connectivity index is 1.74. The Hall–Kier alpha value is -2.48. The summed E-state index contributed by atoms with van der Waals surface area (Å²) >= 11 is 0. The SMILES string of the molecule is CC1(C)CC2(CC(C)(C)c3c2[nH]c2ccccc32)c2[nH]c3ccccc3c21. The van der Waals surface area contributed by atoms with Crippen molar-refractivity contribution in [2.24, 2.45) is 0 Å². The third kappa shape index (κ3) is 1.72. The number of aromatic nitrogens is 2. The van der Waals surface area contributed by atoms with Crippen molar-refractivity contribution in [3.63, 3.8) is 0 Å². The molecule has 0 saturated heterocycles. The van der Waals surface area contributed by atoms with Gasteiger partial charge in [-0.05, 0) is 46.9 Å². The largest absolute Gasteiger partial charge is 0.357 e. The van der Waals surface area contributed by atoms with Gasteiger partial charge < -0.3 is 9.97 Å². The summed E-state index contributed by atoms with van der Waals surface area (Å²) in [4.78, 5) is 7.73. The molecule has 2 heterocycles. The first-order chi connectivity index (χ1) is 12.8. The van der Waals surface area contributed by atoms with Gasteiger partial charge in [0.15, 0.2) is 0 Å². The van der Waals surface area contributed by atoms with Crippen molar-refractivity contribution in [1.82, 2.24) is 9.97 Å². The van der Waals surface area contributed by atoms with E-state index in [4.69, 9.17) is 0 Å². The lowest BCUT2D eigenvalue weighted by Crippen LogP contribution is -2.28. The molecule has 0 fully saturated rings. The molecule has 2 aromatic carbocycles. The summed E-state index contributed by atoms with van der Waals surface area (Å²) in [6, 6.07) is 17.7. The maximum absolute atomic E-state index is 3.87. The molecule has 0 atom stereocenters. The predicted molar refractivity (Wildman–Crippen MR) is 113 cm³/mol. The molecular formula is C25H26N2. The quantitative estimate of drug-likeness (QED) is 0.371. The van der Waals surface area contributed by atoms with Crippen molar-refractivity contribution in [2.75, 3.05) is 0 Å². The number of rotatable bonds is 0. The first-order valence-corrected chi connectivity index (χ1v) is 10.1. The van der Waals surface area contributed by atoms with E-state index >= 15 is 0 Å². The standard InChI is InChI=1S/C25H26N2/c1-23(2)13-25(21-19(23)15-9-5-7-11-17(15)26-21)14-24(3,4)20-16-10-6-8-12-18(16)27-22(20)25/h5-12,26-27H,13-14H2,1-4H3. The van der Waals surface area contributed by atoms with Crippen molar-refractivity contribution in [1.29, 1.82) is 0 Å². The zero-order valence-corrected chi connectivity index (χ0v) is 16.5. The fraction of sp³-hybridized carbons (Fsp3) is 0.360. The molecule has 0 amide bonds. The first-order valence-electron chi connectivity index (χ1n) is 10.1. The van der Waals surface area contributed by atoms with Crippen LogP contribution in [-0.4, -0.2) is 9.97 Å². The lowest BCUT2D eigenvalue weighted by molar-refractivity contribution is 0.342. The van der Waals surface area contributed by atoms with Crippen LogP contribution in [0.4, 0.5) is 0 Å². The van der Waals surface area contributed by atoms with Crippen LogP contribution in [0.5, 0.6) is 0 Å². The van der Waals surface area contributed by atoms with Gasteiger partial charge in [-0.3, -0.25) is 0 Å². The van der Waals surface area contributed by atoms with Gasteiger partial charge in [-0.15, -0.1) is 0 Å². The number of H-pyrrole nitrogens is 2. The average Bonchev–Trinajstić information content (AvgIpc) is 3.29. The lowest BCUT2D eigenvalue weighted by atomic mass is 9.74. The van der Waals surface area contributed by atoms with Crippen LogP contribution in [-0.2, 0) is 16.2 Å². The van der Waals surface area contributed by atoms with Gasteiger partial charge in [0, 0.05) is 33.2 Å². The summed E-state index contributed by atoms with van der Waals surface area (Å²) in [6.45, 7) is 9.70. The van der Waals surface area contributed by atoms with E-state index in [-0.39, 0.29) is 16.2 Å². The van der Waals surface area contributed by atoms with E-state index < -0.39 is 0 Å². The van der Waals surface area contributed by atoms with Crippen LogP contribution < -0.4 is 0 Å². The second-order valence-electron chi connectivity index (χ2n) is 10.0. The highest BCUT2D eigenvalue weighted by molar-refractivity contribution is 5.91. The molecule has 0 saturated carbocycles. The fourth-order valence-electron chi connectivity index (χ4n) is 6.63. The van der Waals surface area contributed by atoms with Gasteiger partial charge in [0.1, 0.15) is 0 Å². The third-order valence-electron chi connectivity index (χ3n) is 7.21. The fourth-order valence-corrected chi connectivity index (χ4v) is 6.63. The normalized spacial score (nSPS) is 21.2. The van der Waals surface area contributed by atoms with Crippen LogP contribution in [0.1, 0.15) is 63.1 Å². The molecular weight excluding hydrogens is 328 g/mol. The summed E-state index contributed by atoms with van der Waals surface area (Å²) in [6.07, 6.45) is 2.32. The Morgan fingerprint density at radius 2 is 1.04 bits per heavy atom. The van der Waals surface area contributed by atoms with Gasteiger partial charge in [0.25, 0.3) is 0 Å². The van der Waals surface area contributed by atoms with Crippen LogP contribution in [0.25, 0.3) is 21.8 Å². The van der Waals surface area contributed by atoms with Crippen LogP contribution in [0.15, 0.2) is 48.5 Å². The first kappa shape index (κ1) is 15.6. The highest BCUT2D eigenvalue weighted by Gasteiger charge is 2.59. The van der Waals surface area contributed by atoms with Gasteiger partial charge in [-0.1, -0.05) is 64.1 Å². The van der Waals surface area contributed by atoms with Crippen molar-refractivity contribution < 1.29 is 0 Å². The molecule has 2 nitrogen and oxygen atoms in total. The van der Waals surface area contributed by atoms with Crippen molar-refractivity contribution >= 4 is 21.8 Å². The zero-order valence-electron chi connectivity index (χ0n) is 16.5. The molecule has 2 aliphatic carbocycles. The number of para-hydroxylation sites is 2. The molecule has 4 aromatic rings. The maximum atomic E-state index is 3.87. The summed E-state index contributed by atoms with van der Waals surface area (Å²) < 4.78 is 0. The molecule has 2 aliphatic rings. The summed E-state index contributed by atoms with van der Waals surface area (Å²) in [5, 5.41) is 2.80. The van der Waals surface area contributed by atoms with E-state index in [1.54, 1.807) is 0 Å². The molecule has 27 heavy (non-hydrogen) atoms. The molecule has 2 N–H and O–H groups in total. The Bertz CT molecular complexity index is 1130. The minimum absolute atomic E-state index is 0.0513. The van der Waals surface area contributed by atoms with E-state index in [1.165, 1.54) is 44.3 Å². The van der Waals surface area contributed by atoms with Crippen LogP contribution in [0.3, 0.4) is 0 Å². The highest BCUT2D eigenvalue weighted by atomic mass is 14.9. The summed E-state index contributed by atoms with van der Waals surface area (Å²) in [5.74, 6) is 0. The predicted octanol–water partition coefficient (Wildman–Crippen LogP) is 6.30. The van der Waals surface area contributed by atoms with E-state index in [9.17, 15) is 0 Å². The number of hydrogen-bond acceptors (Lipinski definition) is 0.